The predicted molar refractivity (Wildman–Crippen MR) is 18.3 cm³/mol. The van der Waals surface area contributed by atoms with Crippen molar-refractivity contribution in [2.75, 3.05) is 0 Å². The molecular weight excluding hydrogens is 178 g/mol. The molecule has 0 bridgehead atoms. The summed E-state index contributed by atoms with van der Waals surface area (Å²) in [7, 11) is 0. The Morgan fingerprint density at radius 2 is 1.67 bits per heavy atom. The molecule has 0 fully saturated rings. The van der Waals surface area contributed by atoms with E-state index in [1.807, 2.05) is 0 Å². The molecule has 0 rings (SSSR count). The molecule has 0 aliphatic heterocycles. The number of carboxylic acids is 1. The van der Waals surface area contributed by atoms with Crippen LogP contribution in [0.5, 0.6) is 0 Å². The molecule has 0 amide bonds. The zero-order chi connectivity index (χ0) is 3.58. The van der Waals surface area contributed by atoms with Crippen molar-refractivity contribution in [3.05, 3.63) is 0 Å². The van der Waals surface area contributed by atoms with Gasteiger partial charge in [-0.15, -0.1) is 0 Å². The van der Waals surface area contributed by atoms with Crippen LogP contribution in [0.3, 0.4) is 0 Å². The van der Waals surface area contributed by atoms with Crippen LogP contribution in [0.1, 0.15) is 6.92 Å². The minimum absolute atomic E-state index is 0. The van der Waals surface area contributed by atoms with Crippen molar-refractivity contribution < 1.29 is 32.3 Å². The van der Waals surface area contributed by atoms with Gasteiger partial charge in [-0.1, -0.05) is 0 Å². The van der Waals surface area contributed by atoms with E-state index < -0.39 is 5.97 Å². The summed E-state index contributed by atoms with van der Waals surface area (Å²) in [4.78, 5) is 9.00. The third-order valence-corrected chi connectivity index (χ3v) is 0. The van der Waals surface area contributed by atoms with Crippen molar-refractivity contribution in [3.63, 3.8) is 0 Å². The van der Waals surface area contributed by atoms with Gasteiger partial charge in [0.2, 0.25) is 0 Å². The molecule has 0 saturated carbocycles. The third-order valence-electron chi connectivity index (χ3n) is 0. The Labute approximate surface area is 51.8 Å². The molecule has 0 aliphatic rings. The van der Waals surface area contributed by atoms with Gasteiger partial charge in [-0.2, -0.15) is 0 Å². The number of carbonyl (C=O) groups is 1. The second-order valence-corrected chi connectivity index (χ2v) is 0.519. The number of hydrogen-bond acceptors (Lipinski definition) is 2. The van der Waals surface area contributed by atoms with Crippen molar-refractivity contribution in [1.82, 2.24) is 6.15 Å². The van der Waals surface area contributed by atoms with E-state index >= 15 is 0 Å². The van der Waals surface area contributed by atoms with Gasteiger partial charge in [-0.05, 0) is 0 Å². The first-order chi connectivity index (χ1) is 1.73. The van der Waals surface area contributed by atoms with Crippen LogP contribution in [0.25, 0.3) is 0 Å². The molecule has 1 radical (unpaired) electrons. The zero-order valence-electron chi connectivity index (χ0n) is 3.36. The van der Waals surface area contributed by atoms with Gasteiger partial charge in [0.1, 0.15) is 0 Å². The van der Waals surface area contributed by atoms with Crippen LogP contribution in [0.2, 0.25) is 0 Å². The Balaban J connectivity index is -0.0000000450. The zero-order valence-corrected chi connectivity index (χ0v) is 4.85. The van der Waals surface area contributed by atoms with Gasteiger partial charge in [0.15, 0.2) is 0 Å². The number of carboxylic acid groups (broad SMARTS) is 1. The molecule has 4 heteroatoms. The van der Waals surface area contributed by atoms with Crippen LogP contribution in [-0.2, 0) is 27.2 Å². The normalized spacial score (nSPS) is 4.17. The summed E-state index contributed by atoms with van der Waals surface area (Å²) in [5, 5.41) is 7.42. The Bertz CT molecular complexity index is 34.5. The fourth-order valence-corrected chi connectivity index (χ4v) is 0. The summed E-state index contributed by atoms with van der Waals surface area (Å²) in [6, 6.07) is 0. The smallest absolute Gasteiger partial charge is 0.300 e. The fourth-order valence-electron chi connectivity index (χ4n) is 0. The molecule has 0 unspecified atom stereocenters. The molecule has 0 aromatic carbocycles. The summed E-state index contributed by atoms with van der Waals surface area (Å²) in [6.45, 7) is 1.08. The van der Waals surface area contributed by atoms with E-state index in [0.717, 1.165) is 6.92 Å². The van der Waals surface area contributed by atoms with E-state index in [-0.39, 0.29) is 28.5 Å². The van der Waals surface area contributed by atoms with Crippen molar-refractivity contribution in [2.45, 2.75) is 6.92 Å². The number of hydrogen-bond donors (Lipinski definition) is 2. The SMILES string of the molecule is CC(=O)O.N.[Ag]. The van der Waals surface area contributed by atoms with Crippen LogP contribution in [0, 0.1) is 0 Å². The van der Waals surface area contributed by atoms with E-state index in [0.29, 0.717) is 0 Å². The topological polar surface area (TPSA) is 72.3 Å². The van der Waals surface area contributed by atoms with Crippen LogP contribution in [-0.4, -0.2) is 11.1 Å². The second kappa shape index (κ2) is 8.95. The molecule has 0 atom stereocenters. The van der Waals surface area contributed by atoms with Gasteiger partial charge in [-0.25, -0.2) is 0 Å². The molecule has 4 N–H and O–H groups in total. The van der Waals surface area contributed by atoms with E-state index in [1.165, 1.54) is 0 Å². The van der Waals surface area contributed by atoms with Crippen molar-refractivity contribution in [1.29, 1.82) is 0 Å². The van der Waals surface area contributed by atoms with E-state index in [1.54, 1.807) is 0 Å². The van der Waals surface area contributed by atoms with Gasteiger partial charge >= 0.3 is 0 Å². The Hall–Kier alpha value is 0.170. The van der Waals surface area contributed by atoms with Crippen molar-refractivity contribution in [2.24, 2.45) is 0 Å². The molecule has 3 nitrogen and oxygen atoms in total. The largest absolute Gasteiger partial charge is 0.481 e. The third kappa shape index (κ3) is 1450. The van der Waals surface area contributed by atoms with Crippen LogP contribution in [0.15, 0.2) is 0 Å². The number of rotatable bonds is 0. The molecule has 0 spiro atoms. The maximum absolute atomic E-state index is 9.00. The summed E-state index contributed by atoms with van der Waals surface area (Å²) in [5.74, 6) is -0.833. The molecule has 0 heterocycles. The molecular formula is C2H7AgNO2. The summed E-state index contributed by atoms with van der Waals surface area (Å²) >= 11 is 0. The summed E-state index contributed by atoms with van der Waals surface area (Å²) in [6.07, 6.45) is 0. The van der Waals surface area contributed by atoms with Crippen LogP contribution < -0.4 is 6.15 Å². The van der Waals surface area contributed by atoms with Crippen molar-refractivity contribution >= 4 is 5.97 Å². The van der Waals surface area contributed by atoms with Gasteiger partial charge in [0.25, 0.3) is 5.97 Å². The first-order valence-electron chi connectivity index (χ1n) is 0.928. The van der Waals surface area contributed by atoms with Gasteiger partial charge in [0, 0.05) is 29.3 Å². The predicted octanol–water partition coefficient (Wildman–Crippen LogP) is 0.250. The van der Waals surface area contributed by atoms with E-state index in [2.05, 4.69) is 0 Å². The minimum Gasteiger partial charge on any atom is -0.481 e. The maximum atomic E-state index is 9.00. The quantitative estimate of drug-likeness (QED) is 0.531. The maximum Gasteiger partial charge on any atom is 0.300 e. The Morgan fingerprint density at radius 3 is 1.67 bits per heavy atom. The average molecular weight is 185 g/mol. The summed E-state index contributed by atoms with van der Waals surface area (Å²) in [5.41, 5.74) is 0. The Kier molecular flexibility index (Phi) is 24.5. The number of aliphatic carboxylic acids is 1. The fraction of sp³-hybridized carbons (Fsp3) is 0.500. The molecule has 0 aromatic heterocycles. The standard InChI is InChI=1S/C2H4O2.Ag.H3N/c1-2(3)4;;/h1H3,(H,3,4);;1H3. The van der Waals surface area contributed by atoms with Gasteiger partial charge < -0.3 is 11.3 Å². The van der Waals surface area contributed by atoms with Crippen LogP contribution >= 0.6 is 0 Å². The monoisotopic (exact) mass is 184 g/mol. The second-order valence-electron chi connectivity index (χ2n) is 0.519. The van der Waals surface area contributed by atoms with Crippen LogP contribution in [0.4, 0.5) is 0 Å². The van der Waals surface area contributed by atoms with E-state index in [9.17, 15) is 0 Å². The average Bonchev–Trinajstić information content (AvgIpc) is 0.811. The molecule has 0 aliphatic carbocycles. The molecule has 6 heavy (non-hydrogen) atoms. The summed E-state index contributed by atoms with van der Waals surface area (Å²) < 4.78 is 0. The first-order valence-corrected chi connectivity index (χ1v) is 0.928. The van der Waals surface area contributed by atoms with Gasteiger partial charge in [0.05, 0.1) is 0 Å². The minimum atomic E-state index is -0.833. The van der Waals surface area contributed by atoms with Crippen molar-refractivity contribution in [3.8, 4) is 0 Å². The molecule has 0 aromatic rings. The Morgan fingerprint density at radius 1 is 1.67 bits per heavy atom. The van der Waals surface area contributed by atoms with E-state index in [4.69, 9.17) is 9.90 Å². The molecule has 43 valence electrons. The molecule has 0 saturated heterocycles. The first kappa shape index (κ1) is 16.4. The van der Waals surface area contributed by atoms with Gasteiger partial charge in [-0.3, -0.25) is 4.79 Å².